The van der Waals surface area contributed by atoms with Gasteiger partial charge in [0.05, 0.1) is 0 Å². The molecule has 0 aliphatic rings. The van der Waals surface area contributed by atoms with Gasteiger partial charge in [0, 0.05) is 5.69 Å². The van der Waals surface area contributed by atoms with E-state index in [1.807, 2.05) is 0 Å². The molecule has 0 aromatic heterocycles. The summed E-state index contributed by atoms with van der Waals surface area (Å²) in [4.78, 5) is 0. The number of anilines is 1. The van der Waals surface area contributed by atoms with E-state index in [1.54, 1.807) is 0 Å². The molecule has 3 rings (SSSR count). The zero-order chi connectivity index (χ0) is 16.1. The first-order valence-electron chi connectivity index (χ1n) is 8.99. The van der Waals surface area contributed by atoms with Crippen LogP contribution in [0.5, 0.6) is 0 Å². The summed E-state index contributed by atoms with van der Waals surface area (Å²) in [6, 6.07) is 17.5. The lowest BCUT2D eigenvalue weighted by Crippen LogP contribution is -1.95. The minimum atomic E-state index is 0.946. The van der Waals surface area contributed by atoms with E-state index in [0.29, 0.717) is 0 Å². The van der Waals surface area contributed by atoms with E-state index in [-0.39, 0.29) is 0 Å². The maximum Gasteiger partial charge on any atom is 0.0353 e. The van der Waals surface area contributed by atoms with Crippen molar-refractivity contribution in [2.75, 3.05) is 5.73 Å². The fraction of sp³-hybridized carbons (Fsp3) is 0.364. The van der Waals surface area contributed by atoms with Gasteiger partial charge in [0.2, 0.25) is 0 Å². The first-order chi connectivity index (χ1) is 11.3. The topological polar surface area (TPSA) is 26.0 Å². The first-order valence-corrected chi connectivity index (χ1v) is 8.99. The van der Waals surface area contributed by atoms with Crippen LogP contribution in [0.25, 0.3) is 21.5 Å². The Labute approximate surface area is 139 Å². The van der Waals surface area contributed by atoms with Crippen molar-refractivity contribution in [2.24, 2.45) is 0 Å². The van der Waals surface area contributed by atoms with Crippen molar-refractivity contribution in [1.29, 1.82) is 0 Å². The molecule has 3 aromatic rings. The summed E-state index contributed by atoms with van der Waals surface area (Å²) in [6.45, 7) is 2.26. The Bertz CT molecular complexity index is 788. The van der Waals surface area contributed by atoms with Crippen LogP contribution in [0.15, 0.2) is 48.5 Å². The number of nitrogen functional groups attached to an aromatic ring is 1. The molecule has 3 aromatic carbocycles. The fourth-order valence-corrected chi connectivity index (χ4v) is 3.37. The SMILES string of the molecule is CCCCCCCCc1cc2cc3ccccc3cc2cc1N. The number of rotatable bonds is 7. The highest BCUT2D eigenvalue weighted by Crippen LogP contribution is 2.28. The summed E-state index contributed by atoms with van der Waals surface area (Å²) < 4.78 is 0. The first kappa shape index (κ1) is 15.9. The average Bonchev–Trinajstić information content (AvgIpc) is 2.56. The van der Waals surface area contributed by atoms with Gasteiger partial charge in [0.25, 0.3) is 0 Å². The molecule has 1 heteroatoms. The van der Waals surface area contributed by atoms with Gasteiger partial charge in [0.15, 0.2) is 0 Å². The Morgan fingerprint density at radius 3 is 2.00 bits per heavy atom. The number of hydrogen-bond donors (Lipinski definition) is 1. The fourth-order valence-electron chi connectivity index (χ4n) is 3.37. The third-order valence-corrected chi connectivity index (χ3v) is 4.76. The molecule has 0 saturated carbocycles. The summed E-state index contributed by atoms with van der Waals surface area (Å²) in [5.74, 6) is 0. The van der Waals surface area contributed by atoms with Gasteiger partial charge in [-0.3, -0.25) is 0 Å². The van der Waals surface area contributed by atoms with E-state index in [2.05, 4.69) is 55.5 Å². The second kappa shape index (κ2) is 7.50. The summed E-state index contributed by atoms with van der Waals surface area (Å²) in [5.41, 5.74) is 8.55. The van der Waals surface area contributed by atoms with Crippen molar-refractivity contribution in [3.63, 3.8) is 0 Å². The second-order valence-corrected chi connectivity index (χ2v) is 6.62. The Hall–Kier alpha value is -2.02. The number of nitrogens with two attached hydrogens (primary N) is 1. The van der Waals surface area contributed by atoms with Crippen molar-refractivity contribution in [3.8, 4) is 0 Å². The third kappa shape index (κ3) is 3.85. The van der Waals surface area contributed by atoms with Gasteiger partial charge in [-0.1, -0.05) is 63.3 Å². The van der Waals surface area contributed by atoms with Crippen LogP contribution in [-0.4, -0.2) is 0 Å². The van der Waals surface area contributed by atoms with Gasteiger partial charge < -0.3 is 5.73 Å². The number of unbranched alkanes of at least 4 members (excludes halogenated alkanes) is 5. The monoisotopic (exact) mass is 305 g/mol. The molecule has 120 valence electrons. The van der Waals surface area contributed by atoms with Crippen LogP contribution in [0.4, 0.5) is 5.69 Å². The summed E-state index contributed by atoms with van der Waals surface area (Å²) in [7, 11) is 0. The van der Waals surface area contributed by atoms with Gasteiger partial charge in [-0.15, -0.1) is 0 Å². The maximum absolute atomic E-state index is 6.29. The van der Waals surface area contributed by atoms with Crippen molar-refractivity contribution in [3.05, 3.63) is 54.1 Å². The van der Waals surface area contributed by atoms with Gasteiger partial charge in [-0.2, -0.15) is 0 Å². The molecule has 0 radical (unpaired) electrons. The molecular weight excluding hydrogens is 278 g/mol. The molecule has 0 bridgehead atoms. The van der Waals surface area contributed by atoms with Crippen LogP contribution >= 0.6 is 0 Å². The van der Waals surface area contributed by atoms with Crippen LogP contribution < -0.4 is 5.73 Å². The van der Waals surface area contributed by atoms with Crippen molar-refractivity contribution in [1.82, 2.24) is 0 Å². The molecule has 0 aliphatic carbocycles. The predicted molar refractivity (Wildman–Crippen MR) is 103 cm³/mol. The third-order valence-electron chi connectivity index (χ3n) is 4.76. The van der Waals surface area contributed by atoms with Crippen molar-refractivity contribution >= 4 is 27.2 Å². The lowest BCUT2D eigenvalue weighted by Gasteiger charge is -2.09. The molecule has 0 atom stereocenters. The van der Waals surface area contributed by atoms with E-state index in [0.717, 1.165) is 12.1 Å². The van der Waals surface area contributed by atoms with Gasteiger partial charge in [-0.05, 0) is 64.2 Å². The molecule has 0 unspecified atom stereocenters. The van der Waals surface area contributed by atoms with Crippen LogP contribution in [0, 0.1) is 0 Å². The Kier molecular flexibility index (Phi) is 5.17. The maximum atomic E-state index is 6.29. The smallest absolute Gasteiger partial charge is 0.0353 e. The van der Waals surface area contributed by atoms with E-state index in [4.69, 9.17) is 5.73 Å². The highest BCUT2D eigenvalue weighted by atomic mass is 14.6. The molecule has 1 nitrogen and oxygen atoms in total. The van der Waals surface area contributed by atoms with Gasteiger partial charge >= 0.3 is 0 Å². The molecule has 2 N–H and O–H groups in total. The molecular formula is C22H27N. The Morgan fingerprint density at radius 1 is 0.696 bits per heavy atom. The van der Waals surface area contributed by atoms with E-state index in [9.17, 15) is 0 Å². The van der Waals surface area contributed by atoms with Crippen molar-refractivity contribution in [2.45, 2.75) is 51.9 Å². The number of aryl methyl sites for hydroxylation is 1. The van der Waals surface area contributed by atoms with Gasteiger partial charge in [0.1, 0.15) is 0 Å². The molecule has 0 heterocycles. The van der Waals surface area contributed by atoms with E-state index >= 15 is 0 Å². The molecule has 23 heavy (non-hydrogen) atoms. The standard InChI is InChI=1S/C22H27N/c1-2-3-4-5-6-7-12-19-15-20-13-17-10-8-9-11-18(17)14-21(20)16-22(19)23/h8-11,13-16H,2-7,12,23H2,1H3. The van der Waals surface area contributed by atoms with E-state index in [1.165, 1.54) is 65.6 Å². The zero-order valence-electron chi connectivity index (χ0n) is 14.1. The lowest BCUT2D eigenvalue weighted by molar-refractivity contribution is 0.608. The average molecular weight is 305 g/mol. The molecule has 0 aliphatic heterocycles. The number of hydrogen-bond acceptors (Lipinski definition) is 1. The van der Waals surface area contributed by atoms with Crippen LogP contribution in [0.2, 0.25) is 0 Å². The van der Waals surface area contributed by atoms with Crippen LogP contribution in [-0.2, 0) is 6.42 Å². The Balaban J connectivity index is 1.75. The molecule has 0 fully saturated rings. The molecule has 0 amide bonds. The van der Waals surface area contributed by atoms with Gasteiger partial charge in [-0.25, -0.2) is 0 Å². The van der Waals surface area contributed by atoms with Crippen molar-refractivity contribution < 1.29 is 0 Å². The Morgan fingerprint density at radius 2 is 1.30 bits per heavy atom. The summed E-state index contributed by atoms with van der Waals surface area (Å²) in [5, 5.41) is 5.13. The van der Waals surface area contributed by atoms with Crippen LogP contribution in [0.1, 0.15) is 51.0 Å². The minimum absolute atomic E-state index is 0.946. The zero-order valence-corrected chi connectivity index (χ0v) is 14.1. The summed E-state index contributed by atoms with van der Waals surface area (Å²) >= 11 is 0. The minimum Gasteiger partial charge on any atom is -0.398 e. The quantitative estimate of drug-likeness (QED) is 0.302. The van der Waals surface area contributed by atoms with E-state index < -0.39 is 0 Å². The largest absolute Gasteiger partial charge is 0.398 e. The normalized spacial score (nSPS) is 11.3. The lowest BCUT2D eigenvalue weighted by atomic mass is 9.97. The number of fused-ring (bicyclic) bond motifs is 2. The summed E-state index contributed by atoms with van der Waals surface area (Å²) in [6.07, 6.45) is 9.06. The second-order valence-electron chi connectivity index (χ2n) is 6.62. The predicted octanol–water partition coefficient (Wildman–Crippen LogP) is 6.48. The van der Waals surface area contributed by atoms with Crippen LogP contribution in [0.3, 0.4) is 0 Å². The molecule has 0 saturated heterocycles. The highest BCUT2D eigenvalue weighted by molar-refractivity contribution is 5.99. The highest BCUT2D eigenvalue weighted by Gasteiger charge is 2.04. The molecule has 0 spiro atoms. The number of benzene rings is 3.